The largest absolute Gasteiger partial charge is 0.509 e. The number of carbonyl (C=O) groups excluding carboxylic acids is 1. The number of hydrogen-bond donors (Lipinski definition) is 2. The predicted molar refractivity (Wildman–Crippen MR) is 122 cm³/mol. The summed E-state index contributed by atoms with van der Waals surface area (Å²) < 4.78 is 7.26. The molecule has 2 N–H and O–H groups in total. The van der Waals surface area contributed by atoms with Crippen LogP contribution in [0.25, 0.3) is 16.6 Å². The highest BCUT2D eigenvalue weighted by Crippen LogP contribution is 2.32. The molecule has 2 heterocycles. The smallest absolute Gasteiger partial charge is 0.338 e. The maximum Gasteiger partial charge on any atom is 0.338 e. The van der Waals surface area contributed by atoms with Gasteiger partial charge < -0.3 is 19.3 Å². The highest BCUT2D eigenvalue weighted by atomic mass is 16.5. The SMILES string of the molecule is CCCCOC(=O)c1ccc(N2CC(O)=C(c3nc4ccccc4n3CC)C2=N)cc1. The number of imidazole rings is 1. The summed E-state index contributed by atoms with van der Waals surface area (Å²) >= 11 is 0. The van der Waals surface area contributed by atoms with E-state index in [1.165, 1.54) is 0 Å². The summed E-state index contributed by atoms with van der Waals surface area (Å²) in [4.78, 5) is 18.5. The fourth-order valence-electron chi connectivity index (χ4n) is 3.79. The molecule has 0 fully saturated rings. The molecule has 0 atom stereocenters. The Morgan fingerprint density at radius 3 is 2.61 bits per heavy atom. The van der Waals surface area contributed by atoms with Crippen molar-refractivity contribution in [2.45, 2.75) is 33.2 Å². The molecule has 0 bridgehead atoms. The molecule has 0 unspecified atom stereocenters. The van der Waals surface area contributed by atoms with E-state index >= 15 is 0 Å². The van der Waals surface area contributed by atoms with Crippen LogP contribution < -0.4 is 4.90 Å². The molecular formula is C24H26N4O3. The van der Waals surface area contributed by atoms with Crippen LogP contribution in [0.1, 0.15) is 42.9 Å². The number of aryl methyl sites for hydroxylation is 1. The second-order valence-electron chi connectivity index (χ2n) is 7.46. The number of ether oxygens (including phenoxy) is 1. The topological polar surface area (TPSA) is 91.4 Å². The van der Waals surface area contributed by atoms with Gasteiger partial charge in [0.05, 0.1) is 35.3 Å². The molecule has 31 heavy (non-hydrogen) atoms. The summed E-state index contributed by atoms with van der Waals surface area (Å²) in [5.74, 6) is 0.526. The van der Waals surface area contributed by atoms with E-state index in [0.717, 1.165) is 29.6 Å². The van der Waals surface area contributed by atoms with Gasteiger partial charge in [-0.3, -0.25) is 5.41 Å². The fourth-order valence-corrected chi connectivity index (χ4v) is 3.79. The number of fused-ring (bicyclic) bond motifs is 1. The Morgan fingerprint density at radius 1 is 1.16 bits per heavy atom. The van der Waals surface area contributed by atoms with E-state index < -0.39 is 0 Å². The molecule has 2 aromatic carbocycles. The van der Waals surface area contributed by atoms with Gasteiger partial charge in [-0.2, -0.15) is 0 Å². The first kappa shape index (κ1) is 20.7. The Bertz CT molecular complexity index is 1160. The Morgan fingerprint density at radius 2 is 1.90 bits per heavy atom. The van der Waals surface area contributed by atoms with Crippen molar-refractivity contribution in [3.63, 3.8) is 0 Å². The molecule has 0 spiro atoms. The fraction of sp³-hybridized carbons (Fsp3) is 0.292. The van der Waals surface area contributed by atoms with Crippen LogP contribution in [-0.4, -0.2) is 39.6 Å². The number of aliphatic hydroxyl groups is 1. The van der Waals surface area contributed by atoms with E-state index in [9.17, 15) is 9.90 Å². The maximum atomic E-state index is 12.1. The molecule has 1 aromatic heterocycles. The van der Waals surface area contributed by atoms with Gasteiger partial charge in [0.2, 0.25) is 0 Å². The quantitative estimate of drug-likeness (QED) is 0.426. The number of rotatable bonds is 7. The van der Waals surface area contributed by atoms with Gasteiger partial charge in [-0.05, 0) is 49.7 Å². The zero-order valence-corrected chi connectivity index (χ0v) is 17.8. The molecule has 0 aliphatic carbocycles. The minimum Gasteiger partial charge on any atom is -0.509 e. The predicted octanol–water partition coefficient (Wildman–Crippen LogP) is 4.78. The molecule has 0 amide bonds. The molecule has 0 saturated carbocycles. The molecule has 0 radical (unpaired) electrons. The molecule has 4 rings (SSSR count). The van der Waals surface area contributed by atoms with Gasteiger partial charge in [-0.25, -0.2) is 9.78 Å². The summed E-state index contributed by atoms with van der Waals surface area (Å²) in [5, 5.41) is 19.4. The average molecular weight is 418 g/mol. The molecule has 0 saturated heterocycles. The molecule has 160 valence electrons. The summed E-state index contributed by atoms with van der Waals surface area (Å²) in [6.45, 7) is 5.33. The lowest BCUT2D eigenvalue weighted by atomic mass is 10.2. The van der Waals surface area contributed by atoms with Gasteiger partial charge in [0, 0.05) is 12.2 Å². The first-order valence-electron chi connectivity index (χ1n) is 10.6. The van der Waals surface area contributed by atoms with Gasteiger partial charge in [-0.15, -0.1) is 0 Å². The van der Waals surface area contributed by atoms with E-state index in [0.29, 0.717) is 30.1 Å². The van der Waals surface area contributed by atoms with Crippen LogP contribution in [-0.2, 0) is 11.3 Å². The number of esters is 1. The third kappa shape index (κ3) is 3.79. The Kier molecular flexibility index (Phi) is 5.75. The number of para-hydroxylation sites is 2. The lowest BCUT2D eigenvalue weighted by molar-refractivity contribution is 0.0500. The van der Waals surface area contributed by atoms with E-state index in [1.54, 1.807) is 29.2 Å². The van der Waals surface area contributed by atoms with Crippen molar-refractivity contribution in [1.82, 2.24) is 9.55 Å². The number of amidine groups is 1. The summed E-state index contributed by atoms with van der Waals surface area (Å²) in [6, 6.07) is 14.7. The van der Waals surface area contributed by atoms with Crippen molar-refractivity contribution in [2.24, 2.45) is 0 Å². The normalized spacial score (nSPS) is 14.0. The number of nitrogens with zero attached hydrogens (tertiary/aromatic N) is 3. The molecular weight excluding hydrogens is 392 g/mol. The molecule has 1 aliphatic rings. The van der Waals surface area contributed by atoms with E-state index in [4.69, 9.17) is 10.1 Å². The van der Waals surface area contributed by atoms with Crippen molar-refractivity contribution in [1.29, 1.82) is 5.41 Å². The van der Waals surface area contributed by atoms with E-state index in [-0.39, 0.29) is 24.1 Å². The molecule has 1 aliphatic heterocycles. The van der Waals surface area contributed by atoms with Crippen LogP contribution in [0.3, 0.4) is 0 Å². The number of benzene rings is 2. The van der Waals surface area contributed by atoms with Crippen LogP contribution in [0.5, 0.6) is 0 Å². The second-order valence-corrected chi connectivity index (χ2v) is 7.46. The van der Waals surface area contributed by atoms with Crippen LogP contribution in [0.4, 0.5) is 5.69 Å². The van der Waals surface area contributed by atoms with E-state index in [1.807, 2.05) is 42.7 Å². The number of aliphatic hydroxyl groups excluding tert-OH is 1. The third-order valence-corrected chi connectivity index (χ3v) is 5.44. The van der Waals surface area contributed by atoms with Crippen LogP contribution in [0, 0.1) is 5.41 Å². The maximum absolute atomic E-state index is 12.1. The monoisotopic (exact) mass is 418 g/mol. The third-order valence-electron chi connectivity index (χ3n) is 5.44. The Balaban J connectivity index is 1.58. The second kappa shape index (κ2) is 8.63. The lowest BCUT2D eigenvalue weighted by Crippen LogP contribution is -2.26. The highest BCUT2D eigenvalue weighted by molar-refractivity contribution is 6.30. The lowest BCUT2D eigenvalue weighted by Gasteiger charge is -2.19. The van der Waals surface area contributed by atoms with Gasteiger partial charge in [-0.1, -0.05) is 25.5 Å². The number of nitrogens with one attached hydrogen (secondary N) is 1. The van der Waals surface area contributed by atoms with Gasteiger partial charge in [0.15, 0.2) is 0 Å². The molecule has 7 nitrogen and oxygen atoms in total. The van der Waals surface area contributed by atoms with Crippen molar-refractivity contribution in [3.8, 4) is 0 Å². The van der Waals surface area contributed by atoms with E-state index in [2.05, 4.69) is 4.98 Å². The minimum absolute atomic E-state index is 0.109. The summed E-state index contributed by atoms with van der Waals surface area (Å²) in [7, 11) is 0. The first-order valence-corrected chi connectivity index (χ1v) is 10.6. The van der Waals surface area contributed by atoms with Crippen molar-refractivity contribution in [3.05, 3.63) is 65.7 Å². The highest BCUT2D eigenvalue weighted by Gasteiger charge is 2.32. The summed E-state index contributed by atoms with van der Waals surface area (Å²) in [6.07, 6.45) is 1.80. The number of unbranched alkanes of at least 4 members (excludes halogenated alkanes) is 1. The average Bonchev–Trinajstić information content (AvgIpc) is 3.29. The van der Waals surface area contributed by atoms with Gasteiger partial charge in [0.1, 0.15) is 17.4 Å². The number of hydrogen-bond acceptors (Lipinski definition) is 5. The number of carbonyl (C=O) groups is 1. The molecule has 3 aromatic rings. The number of anilines is 1. The summed E-state index contributed by atoms with van der Waals surface area (Å²) in [5.41, 5.74) is 3.42. The Labute approximate surface area is 181 Å². The van der Waals surface area contributed by atoms with Crippen molar-refractivity contribution >= 4 is 34.1 Å². The first-order chi connectivity index (χ1) is 15.0. The van der Waals surface area contributed by atoms with Crippen LogP contribution >= 0.6 is 0 Å². The standard InChI is InChI=1S/C24H26N4O3/c1-3-5-14-31-24(30)16-10-12-17(13-11-16)28-15-20(29)21(22(28)25)23-26-18-8-6-7-9-19(18)27(23)4-2/h6-13,25,29H,3-5,14-15H2,1-2H3. The van der Waals surface area contributed by atoms with Crippen molar-refractivity contribution < 1.29 is 14.6 Å². The van der Waals surface area contributed by atoms with Crippen molar-refractivity contribution in [2.75, 3.05) is 18.1 Å². The zero-order chi connectivity index (χ0) is 22.0. The van der Waals surface area contributed by atoms with Gasteiger partial charge >= 0.3 is 5.97 Å². The zero-order valence-electron chi connectivity index (χ0n) is 17.8. The number of aromatic nitrogens is 2. The molecule has 7 heteroatoms. The Hall–Kier alpha value is -3.61. The van der Waals surface area contributed by atoms with Crippen LogP contribution in [0.2, 0.25) is 0 Å². The van der Waals surface area contributed by atoms with Crippen LogP contribution in [0.15, 0.2) is 54.3 Å². The minimum atomic E-state index is -0.352. The van der Waals surface area contributed by atoms with Gasteiger partial charge in [0.25, 0.3) is 0 Å².